The summed E-state index contributed by atoms with van der Waals surface area (Å²) in [5.41, 5.74) is 2.75. The van der Waals surface area contributed by atoms with Crippen molar-refractivity contribution in [1.82, 2.24) is 5.32 Å². The molecule has 0 aromatic heterocycles. The van der Waals surface area contributed by atoms with E-state index in [1.807, 2.05) is 38.1 Å². The number of hydrogen-bond donors (Lipinski definition) is 2. The molecule has 0 saturated heterocycles. The molecule has 0 spiro atoms. The number of thioether (sulfide) groups is 1. The van der Waals surface area contributed by atoms with Gasteiger partial charge in [-0.15, -0.1) is 11.8 Å². The molecule has 23 heavy (non-hydrogen) atoms. The molecule has 0 heterocycles. The summed E-state index contributed by atoms with van der Waals surface area (Å²) in [5, 5.41) is 5.66. The smallest absolute Gasteiger partial charge is 0.307 e. The molecule has 0 atom stereocenters. The lowest BCUT2D eigenvalue weighted by Gasteiger charge is -2.10. The number of hydrogen-bond acceptors (Lipinski definition) is 3. The molecule has 2 N–H and O–H groups in total. The van der Waals surface area contributed by atoms with Gasteiger partial charge in [0, 0.05) is 15.6 Å². The van der Waals surface area contributed by atoms with E-state index in [2.05, 4.69) is 10.6 Å². The highest BCUT2D eigenvalue weighted by atomic mass is 35.5. The third kappa shape index (κ3) is 5.30. The lowest BCUT2D eigenvalue weighted by atomic mass is 10.1. The number of urea groups is 1. The number of halogens is 1. The maximum Gasteiger partial charge on any atom is 0.325 e. The molecule has 0 fully saturated rings. The molecule has 0 bridgehead atoms. The Kier molecular flexibility index (Phi) is 6.07. The van der Waals surface area contributed by atoms with E-state index in [0.29, 0.717) is 10.7 Å². The zero-order valence-electron chi connectivity index (χ0n) is 12.9. The van der Waals surface area contributed by atoms with Crippen molar-refractivity contribution in [1.29, 1.82) is 0 Å². The highest BCUT2D eigenvalue weighted by Gasteiger charge is 2.10. The van der Waals surface area contributed by atoms with Crippen molar-refractivity contribution >= 4 is 41.0 Å². The molecule has 0 unspecified atom stereocenters. The molecule has 0 aliphatic heterocycles. The number of carbonyl (C=O) groups excluding carboxylic acids is 2. The van der Waals surface area contributed by atoms with E-state index in [1.54, 1.807) is 18.2 Å². The second-order valence-electron chi connectivity index (χ2n) is 4.99. The van der Waals surface area contributed by atoms with Crippen molar-refractivity contribution in [2.45, 2.75) is 18.7 Å². The van der Waals surface area contributed by atoms with Gasteiger partial charge in [-0.1, -0.05) is 23.7 Å². The van der Waals surface area contributed by atoms with Gasteiger partial charge in [-0.2, -0.15) is 0 Å². The number of aryl methyl sites for hydroxylation is 1. The SMILES string of the molecule is Cc1cccc(NC(=O)NC(=O)CSc2ccc(Cl)cc2)c1C. The van der Waals surface area contributed by atoms with Gasteiger partial charge in [-0.3, -0.25) is 10.1 Å². The highest BCUT2D eigenvalue weighted by molar-refractivity contribution is 8.00. The predicted molar refractivity (Wildman–Crippen MR) is 95.3 cm³/mol. The summed E-state index contributed by atoms with van der Waals surface area (Å²) >= 11 is 7.14. The maximum atomic E-state index is 11.9. The van der Waals surface area contributed by atoms with Crippen molar-refractivity contribution < 1.29 is 9.59 Å². The second-order valence-corrected chi connectivity index (χ2v) is 6.48. The van der Waals surface area contributed by atoms with Crippen molar-refractivity contribution in [2.24, 2.45) is 0 Å². The summed E-state index contributed by atoms with van der Waals surface area (Å²) in [6, 6.07) is 12.3. The first-order valence-electron chi connectivity index (χ1n) is 7.01. The molecule has 2 aromatic carbocycles. The molecule has 2 rings (SSSR count). The molecule has 6 heteroatoms. The molecule has 0 aliphatic carbocycles. The van der Waals surface area contributed by atoms with Gasteiger partial charge in [0.2, 0.25) is 5.91 Å². The van der Waals surface area contributed by atoms with Crippen LogP contribution in [-0.4, -0.2) is 17.7 Å². The Bertz CT molecular complexity index is 717. The first kappa shape index (κ1) is 17.4. The van der Waals surface area contributed by atoms with Crippen molar-refractivity contribution in [3.63, 3.8) is 0 Å². The largest absolute Gasteiger partial charge is 0.325 e. The third-order valence-electron chi connectivity index (χ3n) is 3.29. The third-order valence-corrected chi connectivity index (χ3v) is 4.55. The normalized spacial score (nSPS) is 10.2. The predicted octanol–water partition coefficient (Wildman–Crippen LogP) is 4.40. The van der Waals surface area contributed by atoms with E-state index in [0.717, 1.165) is 16.0 Å². The van der Waals surface area contributed by atoms with E-state index < -0.39 is 6.03 Å². The van der Waals surface area contributed by atoms with E-state index in [-0.39, 0.29) is 11.7 Å². The van der Waals surface area contributed by atoms with Crippen LogP contribution >= 0.6 is 23.4 Å². The van der Waals surface area contributed by atoms with E-state index in [1.165, 1.54) is 11.8 Å². The Balaban J connectivity index is 1.84. The Hall–Kier alpha value is -1.98. The van der Waals surface area contributed by atoms with Gasteiger partial charge in [-0.05, 0) is 55.3 Å². The molecule has 4 nitrogen and oxygen atoms in total. The summed E-state index contributed by atoms with van der Waals surface area (Å²) in [6.07, 6.45) is 0. The Morgan fingerprint density at radius 3 is 2.48 bits per heavy atom. The number of amides is 3. The quantitative estimate of drug-likeness (QED) is 0.805. The molecular weight excluding hydrogens is 332 g/mol. The summed E-state index contributed by atoms with van der Waals surface area (Å²) in [4.78, 5) is 24.6. The summed E-state index contributed by atoms with van der Waals surface area (Å²) in [6.45, 7) is 3.88. The molecule has 0 radical (unpaired) electrons. The van der Waals surface area contributed by atoms with Crippen molar-refractivity contribution in [2.75, 3.05) is 11.1 Å². The number of carbonyl (C=O) groups is 2. The molecular formula is C17H17ClN2O2S. The van der Waals surface area contributed by atoms with Crippen LogP contribution in [0.5, 0.6) is 0 Å². The minimum atomic E-state index is -0.527. The van der Waals surface area contributed by atoms with Crippen LogP contribution in [0.3, 0.4) is 0 Å². The minimum Gasteiger partial charge on any atom is -0.307 e. The number of imide groups is 1. The van der Waals surface area contributed by atoms with Gasteiger partial charge < -0.3 is 5.32 Å². The van der Waals surface area contributed by atoms with Crippen LogP contribution in [0.25, 0.3) is 0 Å². The lowest BCUT2D eigenvalue weighted by molar-refractivity contribution is -0.117. The average molecular weight is 349 g/mol. The van der Waals surface area contributed by atoms with Gasteiger partial charge in [0.15, 0.2) is 0 Å². The standard InChI is InChI=1S/C17H17ClN2O2S/c1-11-4-3-5-15(12(11)2)19-17(22)20-16(21)10-23-14-8-6-13(18)7-9-14/h3-9H,10H2,1-2H3,(H2,19,20,21,22). The van der Waals surface area contributed by atoms with Gasteiger partial charge in [-0.25, -0.2) is 4.79 Å². The highest BCUT2D eigenvalue weighted by Crippen LogP contribution is 2.20. The van der Waals surface area contributed by atoms with Crippen LogP contribution in [0, 0.1) is 13.8 Å². The molecule has 120 valence electrons. The van der Waals surface area contributed by atoms with Crippen LogP contribution in [0.2, 0.25) is 5.02 Å². The fourth-order valence-electron chi connectivity index (χ4n) is 1.88. The van der Waals surface area contributed by atoms with Crippen LogP contribution < -0.4 is 10.6 Å². The van der Waals surface area contributed by atoms with Gasteiger partial charge >= 0.3 is 6.03 Å². The van der Waals surface area contributed by atoms with Crippen molar-refractivity contribution in [3.05, 3.63) is 58.6 Å². The first-order chi connectivity index (χ1) is 11.0. The van der Waals surface area contributed by atoms with Crippen LogP contribution in [0.1, 0.15) is 11.1 Å². The minimum absolute atomic E-state index is 0.155. The topological polar surface area (TPSA) is 58.2 Å². The molecule has 0 saturated carbocycles. The van der Waals surface area contributed by atoms with E-state index >= 15 is 0 Å². The second kappa shape index (κ2) is 8.04. The zero-order valence-corrected chi connectivity index (χ0v) is 14.4. The maximum absolute atomic E-state index is 11.9. The van der Waals surface area contributed by atoms with Gasteiger partial charge in [0.05, 0.1) is 5.75 Å². The Morgan fingerprint density at radius 1 is 1.09 bits per heavy atom. The monoisotopic (exact) mass is 348 g/mol. The number of benzene rings is 2. The number of rotatable bonds is 4. The fraction of sp³-hybridized carbons (Fsp3) is 0.176. The van der Waals surface area contributed by atoms with Crippen LogP contribution in [0.15, 0.2) is 47.4 Å². The van der Waals surface area contributed by atoms with E-state index in [4.69, 9.17) is 11.6 Å². The summed E-state index contributed by atoms with van der Waals surface area (Å²) in [5.74, 6) is -0.199. The lowest BCUT2D eigenvalue weighted by Crippen LogP contribution is -2.35. The van der Waals surface area contributed by atoms with E-state index in [9.17, 15) is 9.59 Å². The van der Waals surface area contributed by atoms with Crippen LogP contribution in [-0.2, 0) is 4.79 Å². The van der Waals surface area contributed by atoms with Crippen molar-refractivity contribution in [3.8, 4) is 0 Å². The van der Waals surface area contributed by atoms with Crippen LogP contribution in [0.4, 0.5) is 10.5 Å². The molecule has 2 aromatic rings. The Morgan fingerprint density at radius 2 is 1.78 bits per heavy atom. The fourth-order valence-corrected chi connectivity index (χ4v) is 2.71. The summed E-state index contributed by atoms with van der Waals surface area (Å²) < 4.78 is 0. The van der Waals surface area contributed by atoms with Gasteiger partial charge in [0.25, 0.3) is 0 Å². The first-order valence-corrected chi connectivity index (χ1v) is 8.37. The number of nitrogens with one attached hydrogen (secondary N) is 2. The zero-order chi connectivity index (χ0) is 16.8. The summed E-state index contributed by atoms with van der Waals surface area (Å²) in [7, 11) is 0. The number of anilines is 1. The molecule has 0 aliphatic rings. The van der Waals surface area contributed by atoms with Gasteiger partial charge in [0.1, 0.15) is 0 Å². The Labute approximate surface area is 144 Å². The average Bonchev–Trinajstić information content (AvgIpc) is 2.51. The molecule has 3 amide bonds.